The first-order valence-electron chi connectivity index (χ1n) is 12.2. The lowest BCUT2D eigenvalue weighted by Gasteiger charge is -2.31. The van der Waals surface area contributed by atoms with Gasteiger partial charge in [0.2, 0.25) is 0 Å². The lowest BCUT2D eigenvalue weighted by molar-refractivity contribution is -0.172. The molecule has 2 aliphatic heterocycles. The molecule has 0 radical (unpaired) electrons. The van der Waals surface area contributed by atoms with E-state index in [2.05, 4.69) is 5.32 Å². The van der Waals surface area contributed by atoms with Gasteiger partial charge in [-0.3, -0.25) is 4.79 Å². The highest BCUT2D eigenvalue weighted by Crippen LogP contribution is 2.39. The van der Waals surface area contributed by atoms with Crippen LogP contribution in [0.5, 0.6) is 0 Å². The molecule has 0 amide bonds. The fourth-order valence-corrected chi connectivity index (χ4v) is 5.25. The van der Waals surface area contributed by atoms with E-state index in [1.807, 2.05) is 18.2 Å². The largest absolute Gasteiger partial charge is 0.458 e. The van der Waals surface area contributed by atoms with Gasteiger partial charge < -0.3 is 25.5 Å². The minimum atomic E-state index is -1.87. The molecule has 9 heteroatoms. The number of pyridine rings is 2. The fraction of sp³-hybridized carbons (Fsp3) is 0.250. The van der Waals surface area contributed by atoms with Crippen molar-refractivity contribution in [2.24, 2.45) is 0 Å². The van der Waals surface area contributed by atoms with Crippen LogP contribution in [0.1, 0.15) is 35.6 Å². The molecule has 0 spiro atoms. The molecule has 4 heterocycles. The second kappa shape index (κ2) is 8.41. The Morgan fingerprint density at radius 2 is 1.97 bits per heavy atom. The lowest BCUT2D eigenvalue weighted by atomic mass is 9.86. The zero-order chi connectivity index (χ0) is 25.9. The highest BCUT2D eigenvalue weighted by molar-refractivity contribution is 5.96. The van der Waals surface area contributed by atoms with Gasteiger partial charge in [-0.25, -0.2) is 14.2 Å². The van der Waals surface area contributed by atoms with E-state index in [-0.39, 0.29) is 35.5 Å². The van der Waals surface area contributed by atoms with Gasteiger partial charge in [0.15, 0.2) is 5.60 Å². The quantitative estimate of drug-likeness (QED) is 0.250. The van der Waals surface area contributed by atoms with Gasteiger partial charge in [0, 0.05) is 28.7 Å². The van der Waals surface area contributed by atoms with Crippen molar-refractivity contribution < 1.29 is 19.0 Å². The Morgan fingerprint density at radius 3 is 2.73 bits per heavy atom. The van der Waals surface area contributed by atoms with Gasteiger partial charge in [-0.1, -0.05) is 19.1 Å². The number of nitrogen functional groups attached to an aromatic ring is 1. The van der Waals surface area contributed by atoms with Crippen molar-refractivity contribution in [3.8, 4) is 11.4 Å². The number of fused-ring (bicyclic) bond motifs is 5. The van der Waals surface area contributed by atoms with Crippen LogP contribution < -0.4 is 16.6 Å². The summed E-state index contributed by atoms with van der Waals surface area (Å²) in [4.78, 5) is 30.7. The first-order valence-corrected chi connectivity index (χ1v) is 12.2. The molecule has 2 aliphatic rings. The Labute approximate surface area is 211 Å². The molecule has 6 rings (SSSR count). The van der Waals surface area contributed by atoms with Crippen LogP contribution in [0.4, 0.5) is 15.8 Å². The number of nitrogens with zero attached hydrogens (tertiary/aromatic N) is 2. The molecule has 8 nitrogen and oxygen atoms in total. The number of hydrogen-bond donors (Lipinski definition) is 3. The van der Waals surface area contributed by atoms with Gasteiger partial charge in [-0.15, -0.1) is 0 Å². The van der Waals surface area contributed by atoms with Crippen LogP contribution in [-0.4, -0.2) is 27.2 Å². The van der Waals surface area contributed by atoms with Crippen LogP contribution in [0.15, 0.2) is 53.3 Å². The summed E-state index contributed by atoms with van der Waals surface area (Å²) in [6.07, 6.45) is 0.763. The number of carbonyl (C=O) groups excluding carboxylic acids is 1. The van der Waals surface area contributed by atoms with Gasteiger partial charge in [0.05, 0.1) is 34.7 Å². The number of cyclic esters (lactones) is 1. The van der Waals surface area contributed by atoms with Gasteiger partial charge in [-0.05, 0) is 54.8 Å². The molecule has 37 heavy (non-hydrogen) atoms. The molecule has 2 aromatic carbocycles. The Hall–Kier alpha value is -4.24. The molecule has 4 aromatic rings. The van der Waals surface area contributed by atoms with Crippen LogP contribution in [-0.2, 0) is 34.7 Å². The molecule has 0 bridgehead atoms. The Kier molecular flexibility index (Phi) is 5.27. The number of aromatic nitrogens is 2. The number of rotatable bonds is 5. The normalized spacial score (nSPS) is 17.8. The van der Waals surface area contributed by atoms with Crippen LogP contribution in [0.3, 0.4) is 0 Å². The molecule has 188 valence electrons. The third-order valence-electron chi connectivity index (χ3n) is 7.28. The van der Waals surface area contributed by atoms with Gasteiger partial charge in [0.1, 0.15) is 12.4 Å². The van der Waals surface area contributed by atoms with E-state index >= 15 is 0 Å². The number of hydrogen-bond acceptors (Lipinski definition) is 7. The predicted octanol–water partition coefficient (Wildman–Crippen LogP) is 3.46. The SMILES string of the molecule is CC[C@@]1(O)C(=O)OCc2c1cc1n(c2=O)Cc2cc3cc(N)cc(NCCc4ccc(F)cc4)c3nc2-1. The third kappa shape index (κ3) is 3.65. The minimum Gasteiger partial charge on any atom is -0.458 e. The van der Waals surface area contributed by atoms with Crippen molar-refractivity contribution in [2.45, 2.75) is 38.5 Å². The number of aliphatic hydroxyl groups is 1. The summed E-state index contributed by atoms with van der Waals surface area (Å²) in [5, 5.41) is 15.3. The van der Waals surface area contributed by atoms with E-state index in [0.29, 0.717) is 42.1 Å². The zero-order valence-electron chi connectivity index (χ0n) is 20.2. The first-order chi connectivity index (χ1) is 17.8. The number of benzene rings is 2. The fourth-order valence-electron chi connectivity index (χ4n) is 5.25. The molecule has 0 aliphatic carbocycles. The molecular weight excluding hydrogens is 475 g/mol. The summed E-state index contributed by atoms with van der Waals surface area (Å²) in [5.41, 5.74) is 9.61. The minimum absolute atomic E-state index is 0.0845. The van der Waals surface area contributed by atoms with E-state index < -0.39 is 11.6 Å². The molecule has 0 saturated carbocycles. The molecule has 1 atom stereocenters. The van der Waals surface area contributed by atoms with E-state index in [4.69, 9.17) is 15.5 Å². The highest BCUT2D eigenvalue weighted by Gasteiger charge is 2.45. The van der Waals surface area contributed by atoms with E-state index in [0.717, 1.165) is 22.2 Å². The van der Waals surface area contributed by atoms with Crippen molar-refractivity contribution in [1.29, 1.82) is 0 Å². The standard InChI is InChI=1S/C28H25FN4O4/c1-2-28(36)21-12-23-25-17(13-33(23)26(34)20(21)14-37-27(28)35)9-16-10-19(30)11-22(24(16)32-25)31-8-7-15-3-5-18(29)6-4-15/h3-6,9-12,31,36H,2,7-8,13-14,30H2,1H3/t28-/m0/s1. The Bertz CT molecular complexity index is 1650. The second-order valence-electron chi connectivity index (χ2n) is 9.54. The van der Waals surface area contributed by atoms with Crippen molar-refractivity contribution in [1.82, 2.24) is 9.55 Å². The summed E-state index contributed by atoms with van der Waals surface area (Å²) in [7, 11) is 0. The van der Waals surface area contributed by atoms with Crippen molar-refractivity contribution in [3.05, 3.63) is 87.0 Å². The molecule has 0 unspecified atom stereocenters. The number of carbonyl (C=O) groups is 1. The monoisotopic (exact) mass is 500 g/mol. The highest BCUT2D eigenvalue weighted by atomic mass is 19.1. The number of nitrogens with two attached hydrogens (primary N) is 1. The maximum Gasteiger partial charge on any atom is 0.343 e. The van der Waals surface area contributed by atoms with Crippen LogP contribution in [0.25, 0.3) is 22.3 Å². The molecule has 4 N–H and O–H groups in total. The Balaban J connectivity index is 1.42. The van der Waals surface area contributed by atoms with Crippen LogP contribution in [0.2, 0.25) is 0 Å². The van der Waals surface area contributed by atoms with Crippen LogP contribution >= 0.6 is 0 Å². The maximum atomic E-state index is 13.4. The van der Waals surface area contributed by atoms with Crippen molar-refractivity contribution in [3.63, 3.8) is 0 Å². The molecule has 0 saturated heterocycles. The number of ether oxygens (including phenoxy) is 1. The first kappa shape index (κ1) is 23.2. The third-order valence-corrected chi connectivity index (χ3v) is 7.28. The topological polar surface area (TPSA) is 119 Å². The average Bonchev–Trinajstić information content (AvgIpc) is 3.24. The second-order valence-corrected chi connectivity index (χ2v) is 9.54. The van der Waals surface area contributed by atoms with E-state index in [9.17, 15) is 19.1 Å². The van der Waals surface area contributed by atoms with Gasteiger partial charge in [0.25, 0.3) is 5.56 Å². The van der Waals surface area contributed by atoms with Crippen molar-refractivity contribution >= 4 is 28.2 Å². The summed E-state index contributed by atoms with van der Waals surface area (Å²) in [6, 6.07) is 13.7. The maximum absolute atomic E-state index is 13.4. The Morgan fingerprint density at radius 1 is 1.19 bits per heavy atom. The average molecular weight is 501 g/mol. The summed E-state index contributed by atoms with van der Waals surface area (Å²) >= 11 is 0. The molecular formula is C28H25FN4O4. The van der Waals surface area contributed by atoms with Crippen LogP contribution in [0, 0.1) is 5.82 Å². The van der Waals surface area contributed by atoms with Gasteiger partial charge >= 0.3 is 5.97 Å². The smallest absolute Gasteiger partial charge is 0.343 e. The lowest BCUT2D eigenvalue weighted by Crippen LogP contribution is -2.44. The zero-order valence-corrected chi connectivity index (χ0v) is 20.2. The molecule has 0 fully saturated rings. The summed E-state index contributed by atoms with van der Waals surface area (Å²) in [6.45, 7) is 2.41. The predicted molar refractivity (Wildman–Crippen MR) is 138 cm³/mol. The number of anilines is 2. The molecule has 2 aromatic heterocycles. The van der Waals surface area contributed by atoms with Gasteiger partial charge in [-0.2, -0.15) is 0 Å². The van der Waals surface area contributed by atoms with Crippen molar-refractivity contribution in [2.75, 3.05) is 17.6 Å². The summed E-state index contributed by atoms with van der Waals surface area (Å²) in [5.74, 6) is -1.02. The number of nitrogens with one attached hydrogen (secondary N) is 1. The summed E-state index contributed by atoms with van der Waals surface area (Å²) < 4.78 is 20.0. The number of halogens is 1. The van der Waals surface area contributed by atoms with E-state index in [1.165, 1.54) is 12.1 Å². The van der Waals surface area contributed by atoms with E-state index in [1.54, 1.807) is 29.7 Å². The number of esters is 1.